The van der Waals surface area contributed by atoms with E-state index in [1.54, 1.807) is 6.20 Å². The summed E-state index contributed by atoms with van der Waals surface area (Å²) in [6.45, 7) is 4.32. The molecule has 5 nitrogen and oxygen atoms in total. The van der Waals surface area contributed by atoms with Gasteiger partial charge in [0.2, 0.25) is 0 Å². The molecule has 0 bridgehead atoms. The molecule has 5 heteroatoms. The lowest BCUT2D eigenvalue weighted by Crippen LogP contribution is -2.49. The number of aromatic nitrogens is 2. The zero-order valence-corrected chi connectivity index (χ0v) is 13.5. The van der Waals surface area contributed by atoms with E-state index in [1.165, 1.54) is 32.4 Å². The molecule has 2 fully saturated rings. The first kappa shape index (κ1) is 14.7. The van der Waals surface area contributed by atoms with Gasteiger partial charge in [-0.3, -0.25) is 4.79 Å². The van der Waals surface area contributed by atoms with E-state index in [9.17, 15) is 4.79 Å². The Hall–Kier alpha value is -1.88. The number of amides is 1. The van der Waals surface area contributed by atoms with E-state index >= 15 is 0 Å². The van der Waals surface area contributed by atoms with Crippen molar-refractivity contribution in [3.8, 4) is 0 Å². The van der Waals surface area contributed by atoms with E-state index in [1.807, 2.05) is 28.9 Å². The van der Waals surface area contributed by atoms with Gasteiger partial charge in [-0.2, -0.15) is 0 Å². The van der Waals surface area contributed by atoms with Gasteiger partial charge in [-0.05, 0) is 57.3 Å². The lowest BCUT2D eigenvalue weighted by atomic mass is 10.0. The fourth-order valence-corrected chi connectivity index (χ4v) is 3.93. The molecule has 2 saturated heterocycles. The summed E-state index contributed by atoms with van der Waals surface area (Å²) in [5, 5.41) is 0. The van der Waals surface area contributed by atoms with Crippen molar-refractivity contribution in [2.45, 2.75) is 38.1 Å². The number of likely N-dealkylation sites (tertiary alicyclic amines) is 2. The van der Waals surface area contributed by atoms with Crippen LogP contribution in [0.15, 0.2) is 30.7 Å². The van der Waals surface area contributed by atoms with E-state index < -0.39 is 0 Å². The summed E-state index contributed by atoms with van der Waals surface area (Å²) < 4.78 is 1.92. The van der Waals surface area contributed by atoms with Crippen LogP contribution in [0, 0.1) is 0 Å². The minimum absolute atomic E-state index is 0.171. The topological polar surface area (TPSA) is 40.9 Å². The predicted molar refractivity (Wildman–Crippen MR) is 89.5 cm³/mol. The Morgan fingerprint density at radius 1 is 1.13 bits per heavy atom. The van der Waals surface area contributed by atoms with Crippen molar-refractivity contribution in [3.63, 3.8) is 0 Å². The van der Waals surface area contributed by atoms with Crippen LogP contribution in [-0.4, -0.2) is 57.3 Å². The number of rotatable bonds is 3. The minimum atomic E-state index is 0.171. The monoisotopic (exact) mass is 312 g/mol. The van der Waals surface area contributed by atoms with Gasteiger partial charge in [0, 0.05) is 37.7 Å². The lowest BCUT2D eigenvalue weighted by molar-refractivity contribution is 0.0560. The summed E-state index contributed by atoms with van der Waals surface area (Å²) in [6, 6.07) is 4.20. The molecule has 0 aliphatic carbocycles. The molecule has 0 radical (unpaired) electrons. The number of hydrogen-bond acceptors (Lipinski definition) is 3. The largest absolute Gasteiger partial charge is 0.334 e. The molecule has 0 aromatic carbocycles. The summed E-state index contributed by atoms with van der Waals surface area (Å²) >= 11 is 0. The van der Waals surface area contributed by atoms with Crippen LogP contribution in [-0.2, 0) is 0 Å². The number of carbonyl (C=O) groups excluding carboxylic acids is 1. The van der Waals surface area contributed by atoms with E-state index in [0.29, 0.717) is 6.04 Å². The van der Waals surface area contributed by atoms with Gasteiger partial charge in [-0.25, -0.2) is 4.98 Å². The molecule has 4 rings (SSSR count). The Morgan fingerprint density at radius 2 is 1.96 bits per heavy atom. The lowest BCUT2D eigenvalue weighted by Gasteiger charge is -2.38. The molecule has 2 aromatic heterocycles. The minimum Gasteiger partial charge on any atom is -0.334 e. The maximum atomic E-state index is 13.0. The second-order valence-electron chi connectivity index (χ2n) is 6.77. The molecule has 2 aliphatic heterocycles. The SMILES string of the molecule is O=C(c1ccc2nccn2c1)N1CCCCC1CN1CCCC1. The van der Waals surface area contributed by atoms with Crippen molar-refractivity contribution in [1.29, 1.82) is 0 Å². The normalized spacial score (nSPS) is 22.8. The van der Waals surface area contributed by atoms with Gasteiger partial charge in [0.05, 0.1) is 5.56 Å². The maximum Gasteiger partial charge on any atom is 0.255 e. The Labute approximate surface area is 136 Å². The molecule has 0 N–H and O–H groups in total. The van der Waals surface area contributed by atoms with E-state index in [0.717, 1.165) is 37.1 Å². The number of imidazole rings is 1. The highest BCUT2D eigenvalue weighted by molar-refractivity contribution is 5.94. The average Bonchev–Trinajstić information content (AvgIpc) is 3.25. The Balaban J connectivity index is 1.53. The van der Waals surface area contributed by atoms with Crippen molar-refractivity contribution in [3.05, 3.63) is 36.3 Å². The summed E-state index contributed by atoms with van der Waals surface area (Å²) in [6.07, 6.45) is 11.7. The van der Waals surface area contributed by atoms with Crippen LogP contribution in [0.4, 0.5) is 0 Å². The molecule has 2 aliphatic rings. The Bertz CT molecular complexity index is 689. The highest BCUT2D eigenvalue weighted by Crippen LogP contribution is 2.22. The average molecular weight is 312 g/mol. The molecular weight excluding hydrogens is 288 g/mol. The number of hydrogen-bond donors (Lipinski definition) is 0. The van der Waals surface area contributed by atoms with Gasteiger partial charge in [-0.1, -0.05) is 0 Å². The van der Waals surface area contributed by atoms with Crippen LogP contribution >= 0.6 is 0 Å². The molecule has 23 heavy (non-hydrogen) atoms. The number of nitrogens with zero attached hydrogens (tertiary/aromatic N) is 4. The van der Waals surface area contributed by atoms with Gasteiger partial charge in [0.15, 0.2) is 0 Å². The van der Waals surface area contributed by atoms with Gasteiger partial charge < -0.3 is 14.2 Å². The van der Waals surface area contributed by atoms with Crippen LogP contribution in [0.1, 0.15) is 42.5 Å². The molecule has 4 heterocycles. The standard InChI is InChI=1S/C18H24N4O/c23-18(15-6-7-17-19-8-12-21(17)13-15)22-11-2-1-5-16(22)14-20-9-3-4-10-20/h6-8,12-13,16H,1-5,9-11,14H2. The first-order chi connectivity index (χ1) is 11.3. The number of pyridine rings is 1. The molecule has 0 saturated carbocycles. The smallest absolute Gasteiger partial charge is 0.255 e. The fourth-order valence-electron chi connectivity index (χ4n) is 3.93. The molecule has 1 amide bonds. The molecule has 1 atom stereocenters. The van der Waals surface area contributed by atoms with Crippen LogP contribution < -0.4 is 0 Å². The summed E-state index contributed by atoms with van der Waals surface area (Å²) in [7, 11) is 0. The van der Waals surface area contributed by atoms with Gasteiger partial charge in [0.1, 0.15) is 5.65 Å². The third-order valence-electron chi connectivity index (χ3n) is 5.19. The third kappa shape index (κ3) is 2.98. The van der Waals surface area contributed by atoms with Crippen molar-refractivity contribution < 1.29 is 4.79 Å². The van der Waals surface area contributed by atoms with Crippen LogP contribution in [0.3, 0.4) is 0 Å². The second kappa shape index (κ2) is 6.32. The second-order valence-corrected chi connectivity index (χ2v) is 6.77. The van der Waals surface area contributed by atoms with Crippen molar-refractivity contribution in [2.75, 3.05) is 26.2 Å². The number of fused-ring (bicyclic) bond motifs is 1. The number of piperidine rings is 1. The van der Waals surface area contributed by atoms with Crippen LogP contribution in [0.25, 0.3) is 5.65 Å². The van der Waals surface area contributed by atoms with Gasteiger partial charge >= 0.3 is 0 Å². The predicted octanol–water partition coefficient (Wildman–Crippen LogP) is 2.42. The van der Waals surface area contributed by atoms with Crippen molar-refractivity contribution in [2.24, 2.45) is 0 Å². The van der Waals surface area contributed by atoms with Crippen LogP contribution in [0.5, 0.6) is 0 Å². The quantitative estimate of drug-likeness (QED) is 0.874. The first-order valence-corrected chi connectivity index (χ1v) is 8.77. The highest BCUT2D eigenvalue weighted by Gasteiger charge is 2.29. The molecule has 122 valence electrons. The zero-order valence-electron chi connectivity index (χ0n) is 13.5. The Morgan fingerprint density at radius 3 is 2.83 bits per heavy atom. The van der Waals surface area contributed by atoms with Crippen LogP contribution in [0.2, 0.25) is 0 Å². The van der Waals surface area contributed by atoms with Crippen molar-refractivity contribution in [1.82, 2.24) is 19.2 Å². The highest BCUT2D eigenvalue weighted by atomic mass is 16.2. The molecule has 2 aromatic rings. The third-order valence-corrected chi connectivity index (χ3v) is 5.19. The van der Waals surface area contributed by atoms with Gasteiger partial charge in [0.25, 0.3) is 5.91 Å². The van der Waals surface area contributed by atoms with Crippen molar-refractivity contribution >= 4 is 11.6 Å². The summed E-state index contributed by atoms with van der Waals surface area (Å²) in [5.74, 6) is 0.171. The zero-order chi connectivity index (χ0) is 15.6. The Kier molecular flexibility index (Phi) is 4.04. The number of carbonyl (C=O) groups is 1. The molecular formula is C18H24N4O. The van der Waals surface area contributed by atoms with E-state index in [4.69, 9.17) is 0 Å². The van der Waals surface area contributed by atoms with Gasteiger partial charge in [-0.15, -0.1) is 0 Å². The maximum absolute atomic E-state index is 13.0. The first-order valence-electron chi connectivity index (χ1n) is 8.77. The summed E-state index contributed by atoms with van der Waals surface area (Å²) in [5.41, 5.74) is 1.65. The summed E-state index contributed by atoms with van der Waals surface area (Å²) in [4.78, 5) is 21.9. The van der Waals surface area contributed by atoms with E-state index in [-0.39, 0.29) is 5.91 Å². The molecule has 0 spiro atoms. The molecule has 1 unspecified atom stereocenters. The van der Waals surface area contributed by atoms with E-state index in [2.05, 4.69) is 14.8 Å². The fraction of sp³-hybridized carbons (Fsp3) is 0.556.